The average molecular weight is 277 g/mol. The lowest BCUT2D eigenvalue weighted by Gasteiger charge is -2.33. The molecule has 3 rings (SSSR count). The van der Waals surface area contributed by atoms with Gasteiger partial charge in [0, 0.05) is 31.3 Å². The van der Waals surface area contributed by atoms with Crippen molar-refractivity contribution in [3.63, 3.8) is 0 Å². The second kappa shape index (κ2) is 4.92. The maximum Gasteiger partial charge on any atom is 0.308 e. The number of carboxylic acids is 1. The van der Waals surface area contributed by atoms with E-state index in [9.17, 15) is 14.7 Å². The number of carbonyl (C=O) groups is 2. The molecule has 1 aliphatic carbocycles. The minimum atomic E-state index is -0.820. The largest absolute Gasteiger partial charge is 0.481 e. The molecule has 2 fully saturated rings. The van der Waals surface area contributed by atoms with Gasteiger partial charge in [-0.2, -0.15) is 5.10 Å². The molecule has 1 aliphatic heterocycles. The van der Waals surface area contributed by atoms with Crippen LogP contribution in [0.4, 0.5) is 0 Å². The van der Waals surface area contributed by atoms with Gasteiger partial charge in [-0.15, -0.1) is 0 Å². The van der Waals surface area contributed by atoms with Crippen LogP contribution in [0.5, 0.6) is 0 Å². The predicted molar refractivity (Wildman–Crippen MR) is 70.8 cm³/mol. The Balaban J connectivity index is 2.02. The lowest BCUT2D eigenvalue weighted by molar-refractivity contribution is -0.146. The van der Waals surface area contributed by atoms with E-state index in [1.165, 1.54) is 0 Å². The summed E-state index contributed by atoms with van der Waals surface area (Å²) in [5.74, 6) is -1.27. The number of likely N-dealkylation sites (tertiary alicyclic amines) is 1. The molecule has 0 spiro atoms. The first-order valence-electron chi connectivity index (χ1n) is 7.10. The third-order valence-electron chi connectivity index (χ3n) is 4.20. The lowest BCUT2D eigenvalue weighted by atomic mass is 9.90. The molecule has 0 bridgehead atoms. The Hall–Kier alpha value is -1.85. The molecule has 1 amide bonds. The van der Waals surface area contributed by atoms with Crippen molar-refractivity contribution in [3.05, 3.63) is 18.0 Å². The van der Waals surface area contributed by atoms with E-state index in [1.807, 2.05) is 11.1 Å². The van der Waals surface area contributed by atoms with E-state index in [0.29, 0.717) is 19.3 Å². The van der Waals surface area contributed by atoms with Gasteiger partial charge in [-0.3, -0.25) is 14.3 Å². The van der Waals surface area contributed by atoms with Gasteiger partial charge in [0.2, 0.25) is 5.91 Å². The minimum Gasteiger partial charge on any atom is -0.481 e. The van der Waals surface area contributed by atoms with E-state index in [1.54, 1.807) is 17.9 Å². The highest BCUT2D eigenvalue weighted by Crippen LogP contribution is 2.42. The molecule has 1 saturated carbocycles. The number of aryl methyl sites for hydroxylation is 1. The van der Waals surface area contributed by atoms with Gasteiger partial charge in [0.15, 0.2) is 0 Å². The maximum atomic E-state index is 12.4. The summed E-state index contributed by atoms with van der Waals surface area (Å²) in [6, 6.07) is -0.156. The van der Waals surface area contributed by atoms with E-state index >= 15 is 0 Å². The summed E-state index contributed by atoms with van der Waals surface area (Å²) in [7, 11) is 1.80. The summed E-state index contributed by atoms with van der Waals surface area (Å²) < 4.78 is 1.66. The van der Waals surface area contributed by atoms with Crippen LogP contribution in [-0.4, -0.2) is 37.7 Å². The fourth-order valence-electron chi connectivity index (χ4n) is 3.14. The third kappa shape index (κ3) is 2.30. The van der Waals surface area contributed by atoms with Crippen LogP contribution in [0.1, 0.15) is 43.7 Å². The highest BCUT2D eigenvalue weighted by molar-refractivity contribution is 5.80. The maximum absolute atomic E-state index is 12.4. The molecule has 2 atom stereocenters. The molecule has 20 heavy (non-hydrogen) atoms. The van der Waals surface area contributed by atoms with E-state index in [-0.39, 0.29) is 18.0 Å². The smallest absolute Gasteiger partial charge is 0.308 e. The van der Waals surface area contributed by atoms with Crippen LogP contribution in [0.25, 0.3) is 0 Å². The molecule has 1 N–H and O–H groups in total. The summed E-state index contributed by atoms with van der Waals surface area (Å²) in [5.41, 5.74) is 0.835. The number of nitrogens with zero attached hydrogens (tertiary/aromatic N) is 3. The Morgan fingerprint density at radius 3 is 2.70 bits per heavy atom. The summed E-state index contributed by atoms with van der Waals surface area (Å²) in [4.78, 5) is 25.8. The van der Waals surface area contributed by atoms with Gasteiger partial charge >= 0.3 is 5.97 Å². The van der Waals surface area contributed by atoms with Crippen LogP contribution in [0.3, 0.4) is 0 Å². The van der Waals surface area contributed by atoms with Crippen molar-refractivity contribution in [3.8, 4) is 0 Å². The van der Waals surface area contributed by atoms with Crippen molar-refractivity contribution in [2.45, 2.75) is 44.2 Å². The number of aliphatic carboxylic acids is 1. The molecule has 0 radical (unpaired) electrons. The van der Waals surface area contributed by atoms with Crippen LogP contribution in [0, 0.1) is 5.92 Å². The quantitative estimate of drug-likeness (QED) is 0.904. The first-order chi connectivity index (χ1) is 9.58. The van der Waals surface area contributed by atoms with Gasteiger partial charge in [0.25, 0.3) is 0 Å². The standard InChI is InChI=1S/C14H19N3O3/c1-16-8-9(7-15-16)13-11(14(19)20)3-2-4-12(18)17(13)10-5-6-10/h7-8,10-11,13H,2-6H2,1H3,(H,19,20). The zero-order valence-electron chi connectivity index (χ0n) is 11.5. The Morgan fingerprint density at radius 1 is 1.40 bits per heavy atom. The Kier molecular flexibility index (Phi) is 3.23. The molecular formula is C14H19N3O3. The molecule has 2 heterocycles. The number of carbonyl (C=O) groups excluding carboxylic acids is 1. The molecule has 0 aromatic carbocycles. The van der Waals surface area contributed by atoms with Crippen LogP contribution < -0.4 is 0 Å². The van der Waals surface area contributed by atoms with Gasteiger partial charge in [0.1, 0.15) is 0 Å². The van der Waals surface area contributed by atoms with Crippen molar-refractivity contribution in [1.82, 2.24) is 14.7 Å². The fraction of sp³-hybridized carbons (Fsp3) is 0.643. The minimum absolute atomic E-state index is 0.0881. The number of hydrogen-bond acceptors (Lipinski definition) is 3. The summed E-state index contributed by atoms with van der Waals surface area (Å²) in [5, 5.41) is 13.7. The molecule has 1 aromatic rings. The Morgan fingerprint density at radius 2 is 2.15 bits per heavy atom. The average Bonchev–Trinajstić information content (AvgIpc) is 3.15. The highest BCUT2D eigenvalue weighted by atomic mass is 16.4. The second-order valence-electron chi connectivity index (χ2n) is 5.76. The SMILES string of the molecule is Cn1cc(C2C(C(=O)O)CCCC(=O)N2C2CC2)cn1. The van der Waals surface area contributed by atoms with Gasteiger partial charge < -0.3 is 10.0 Å². The monoisotopic (exact) mass is 277 g/mol. The van der Waals surface area contributed by atoms with Crippen molar-refractivity contribution in [1.29, 1.82) is 0 Å². The van der Waals surface area contributed by atoms with Crippen LogP contribution in [-0.2, 0) is 16.6 Å². The second-order valence-corrected chi connectivity index (χ2v) is 5.76. The van der Waals surface area contributed by atoms with Gasteiger partial charge in [0.05, 0.1) is 18.2 Å². The number of carboxylic acid groups (broad SMARTS) is 1. The molecule has 6 nitrogen and oxygen atoms in total. The molecule has 108 valence electrons. The van der Waals surface area contributed by atoms with Crippen molar-refractivity contribution in [2.75, 3.05) is 0 Å². The Labute approximate surface area is 117 Å². The molecule has 6 heteroatoms. The first kappa shape index (κ1) is 13.1. The van der Waals surface area contributed by atoms with E-state index in [0.717, 1.165) is 18.4 Å². The highest BCUT2D eigenvalue weighted by Gasteiger charge is 2.45. The number of rotatable bonds is 3. The number of aromatic nitrogens is 2. The van der Waals surface area contributed by atoms with Crippen molar-refractivity contribution >= 4 is 11.9 Å². The zero-order chi connectivity index (χ0) is 14.3. The van der Waals surface area contributed by atoms with Crippen LogP contribution in [0.15, 0.2) is 12.4 Å². The predicted octanol–water partition coefficient (Wildman–Crippen LogP) is 1.34. The number of amides is 1. The van der Waals surface area contributed by atoms with E-state index in [2.05, 4.69) is 5.10 Å². The summed E-state index contributed by atoms with van der Waals surface area (Å²) >= 11 is 0. The van der Waals surface area contributed by atoms with E-state index < -0.39 is 11.9 Å². The van der Waals surface area contributed by atoms with Crippen LogP contribution in [0.2, 0.25) is 0 Å². The molecule has 2 unspecified atom stereocenters. The van der Waals surface area contributed by atoms with Gasteiger partial charge in [-0.05, 0) is 25.7 Å². The van der Waals surface area contributed by atoms with Crippen molar-refractivity contribution < 1.29 is 14.7 Å². The summed E-state index contributed by atoms with van der Waals surface area (Å²) in [6.07, 6.45) is 7.13. The molecule has 1 saturated heterocycles. The third-order valence-corrected chi connectivity index (χ3v) is 4.20. The number of hydrogen-bond donors (Lipinski definition) is 1. The molecule has 1 aromatic heterocycles. The normalized spacial score (nSPS) is 27.4. The Bertz CT molecular complexity index is 536. The van der Waals surface area contributed by atoms with Crippen LogP contribution >= 0.6 is 0 Å². The summed E-state index contributed by atoms with van der Waals surface area (Å²) in [6.45, 7) is 0. The molecule has 2 aliphatic rings. The van der Waals surface area contributed by atoms with Gasteiger partial charge in [-0.25, -0.2) is 0 Å². The lowest BCUT2D eigenvalue weighted by Crippen LogP contribution is -2.40. The fourth-order valence-corrected chi connectivity index (χ4v) is 3.14. The topological polar surface area (TPSA) is 75.4 Å². The molecular weight excluding hydrogens is 258 g/mol. The van der Waals surface area contributed by atoms with E-state index in [4.69, 9.17) is 0 Å². The first-order valence-corrected chi connectivity index (χ1v) is 7.10. The van der Waals surface area contributed by atoms with Gasteiger partial charge in [-0.1, -0.05) is 0 Å². The zero-order valence-corrected chi connectivity index (χ0v) is 11.5. The van der Waals surface area contributed by atoms with Crippen molar-refractivity contribution in [2.24, 2.45) is 13.0 Å².